The minimum absolute atomic E-state index is 0.139. The average Bonchev–Trinajstić information content (AvgIpc) is 2.40. The van der Waals surface area contributed by atoms with Gasteiger partial charge in [0.25, 0.3) is 0 Å². The van der Waals surface area contributed by atoms with E-state index in [1.54, 1.807) is 12.1 Å². The molecule has 0 bridgehead atoms. The Bertz CT molecular complexity index is 483. The summed E-state index contributed by atoms with van der Waals surface area (Å²) in [6.07, 6.45) is 7.53. The lowest BCUT2D eigenvalue weighted by atomic mass is 10.0. The molecule has 1 aromatic rings. The number of hydrogen-bond acceptors (Lipinski definition) is 3. The normalized spacial score (nSPS) is 18.3. The van der Waals surface area contributed by atoms with E-state index in [-0.39, 0.29) is 17.8 Å². The first-order chi connectivity index (χ1) is 8.69. The van der Waals surface area contributed by atoms with E-state index in [0.29, 0.717) is 5.56 Å². The van der Waals surface area contributed by atoms with Crippen LogP contribution in [0.25, 0.3) is 0 Å². The van der Waals surface area contributed by atoms with Crippen LogP contribution in [0, 0.1) is 0 Å². The zero-order chi connectivity index (χ0) is 13.0. The van der Waals surface area contributed by atoms with Crippen LogP contribution >= 0.6 is 0 Å². The van der Waals surface area contributed by atoms with Gasteiger partial charge in [-0.2, -0.15) is 0 Å². The van der Waals surface area contributed by atoms with E-state index in [4.69, 9.17) is 9.84 Å². The summed E-state index contributed by atoms with van der Waals surface area (Å²) in [6.45, 7) is 2.10. The molecule has 1 aliphatic carbocycles. The quantitative estimate of drug-likeness (QED) is 0.830. The van der Waals surface area contributed by atoms with Gasteiger partial charge in [-0.1, -0.05) is 24.6 Å². The van der Waals surface area contributed by atoms with Gasteiger partial charge >= 0.3 is 5.97 Å². The largest absolute Gasteiger partial charge is 0.508 e. The Morgan fingerprint density at radius 2 is 2.11 bits per heavy atom. The van der Waals surface area contributed by atoms with E-state index in [2.05, 4.69) is 13.0 Å². The average molecular weight is 244 g/mol. The molecule has 0 radical (unpaired) electrons. The number of carbonyl (C=O) groups is 1. The molecule has 0 aromatic heterocycles. The molecular formula is C15H16O3. The summed E-state index contributed by atoms with van der Waals surface area (Å²) in [5.74, 6) is -0.224. The van der Waals surface area contributed by atoms with Crippen molar-refractivity contribution < 1.29 is 14.6 Å². The number of aromatic hydroxyl groups is 1. The first-order valence-electron chi connectivity index (χ1n) is 6.06. The molecule has 0 heterocycles. The van der Waals surface area contributed by atoms with E-state index < -0.39 is 0 Å². The van der Waals surface area contributed by atoms with Crippen molar-refractivity contribution in [3.05, 3.63) is 53.6 Å². The molecular weight excluding hydrogens is 228 g/mol. The van der Waals surface area contributed by atoms with Crippen LogP contribution in [0.2, 0.25) is 0 Å². The molecule has 1 N–H and O–H groups in total. The van der Waals surface area contributed by atoms with Gasteiger partial charge < -0.3 is 9.84 Å². The zero-order valence-corrected chi connectivity index (χ0v) is 10.3. The van der Waals surface area contributed by atoms with Gasteiger partial charge in [-0.15, -0.1) is 0 Å². The van der Waals surface area contributed by atoms with Crippen molar-refractivity contribution in [2.45, 2.75) is 25.9 Å². The Kier molecular flexibility index (Phi) is 3.82. The van der Waals surface area contributed by atoms with Crippen molar-refractivity contribution in [1.82, 2.24) is 0 Å². The third-order valence-corrected chi connectivity index (χ3v) is 2.91. The van der Waals surface area contributed by atoms with E-state index in [1.807, 2.05) is 12.2 Å². The van der Waals surface area contributed by atoms with Crippen molar-refractivity contribution in [3.8, 4) is 5.75 Å². The first kappa shape index (κ1) is 12.4. The van der Waals surface area contributed by atoms with Gasteiger partial charge in [-0.25, -0.2) is 4.79 Å². The van der Waals surface area contributed by atoms with Crippen molar-refractivity contribution in [1.29, 1.82) is 0 Å². The highest BCUT2D eigenvalue weighted by molar-refractivity contribution is 5.89. The number of hydrogen-bond donors (Lipinski definition) is 1. The number of allylic oxidation sites excluding steroid dienone is 2. The number of esters is 1. The SMILES string of the molecule is CCC1=CCC(OC(=O)c2ccc(O)cc2)C=C1. The molecule has 0 spiro atoms. The molecule has 2 rings (SSSR count). The van der Waals surface area contributed by atoms with E-state index in [9.17, 15) is 4.79 Å². The van der Waals surface area contributed by atoms with Crippen LogP contribution in [0.3, 0.4) is 0 Å². The fraction of sp³-hybridized carbons (Fsp3) is 0.267. The molecule has 0 saturated carbocycles. The molecule has 1 unspecified atom stereocenters. The maximum Gasteiger partial charge on any atom is 0.338 e. The van der Waals surface area contributed by atoms with E-state index >= 15 is 0 Å². The molecule has 0 amide bonds. The highest BCUT2D eigenvalue weighted by Gasteiger charge is 2.14. The number of benzene rings is 1. The molecule has 1 aliphatic rings. The van der Waals surface area contributed by atoms with Gasteiger partial charge in [0, 0.05) is 6.42 Å². The summed E-state index contributed by atoms with van der Waals surface area (Å²) >= 11 is 0. The number of phenols is 1. The van der Waals surface area contributed by atoms with Crippen LogP contribution in [0.4, 0.5) is 0 Å². The van der Waals surface area contributed by atoms with Crippen LogP contribution < -0.4 is 0 Å². The van der Waals surface area contributed by atoms with Crippen molar-refractivity contribution >= 4 is 5.97 Å². The lowest BCUT2D eigenvalue weighted by molar-refractivity contribution is 0.0397. The van der Waals surface area contributed by atoms with Gasteiger partial charge in [0.1, 0.15) is 11.9 Å². The Hall–Kier alpha value is -2.03. The monoisotopic (exact) mass is 244 g/mol. The second kappa shape index (κ2) is 5.54. The van der Waals surface area contributed by atoms with E-state index in [1.165, 1.54) is 17.7 Å². The molecule has 0 saturated heterocycles. The van der Waals surface area contributed by atoms with Gasteiger partial charge in [0.2, 0.25) is 0 Å². The Morgan fingerprint density at radius 1 is 1.39 bits per heavy atom. The van der Waals surface area contributed by atoms with Gasteiger partial charge in [0.15, 0.2) is 0 Å². The summed E-state index contributed by atoms with van der Waals surface area (Å²) in [5, 5.41) is 9.15. The van der Waals surface area contributed by atoms with Gasteiger partial charge in [-0.05, 0) is 36.8 Å². The molecule has 1 atom stereocenters. The Morgan fingerprint density at radius 3 is 2.67 bits per heavy atom. The Balaban J connectivity index is 1.95. The minimum atomic E-state index is -0.363. The summed E-state index contributed by atoms with van der Waals surface area (Å²) < 4.78 is 5.36. The molecule has 18 heavy (non-hydrogen) atoms. The summed E-state index contributed by atoms with van der Waals surface area (Å²) in [5.41, 5.74) is 1.72. The highest BCUT2D eigenvalue weighted by Crippen LogP contribution is 2.17. The highest BCUT2D eigenvalue weighted by atomic mass is 16.5. The van der Waals surface area contributed by atoms with Crippen LogP contribution in [-0.2, 0) is 4.74 Å². The molecule has 1 aromatic carbocycles. The fourth-order valence-electron chi connectivity index (χ4n) is 1.80. The first-order valence-corrected chi connectivity index (χ1v) is 6.06. The van der Waals surface area contributed by atoms with Crippen molar-refractivity contribution in [2.75, 3.05) is 0 Å². The predicted molar refractivity (Wildman–Crippen MR) is 69.4 cm³/mol. The lowest BCUT2D eigenvalue weighted by Gasteiger charge is -2.16. The number of carbonyl (C=O) groups excluding carboxylic acids is 1. The smallest absolute Gasteiger partial charge is 0.338 e. The predicted octanol–water partition coefficient (Wildman–Crippen LogP) is 3.21. The van der Waals surface area contributed by atoms with E-state index in [0.717, 1.165) is 12.8 Å². The molecule has 0 aliphatic heterocycles. The summed E-state index contributed by atoms with van der Waals surface area (Å²) in [4.78, 5) is 11.8. The van der Waals surface area contributed by atoms with Crippen molar-refractivity contribution in [3.63, 3.8) is 0 Å². The number of phenolic OH excluding ortho intramolecular Hbond substituents is 1. The van der Waals surface area contributed by atoms with Crippen LogP contribution in [0.5, 0.6) is 5.75 Å². The van der Waals surface area contributed by atoms with Gasteiger partial charge in [0.05, 0.1) is 5.56 Å². The van der Waals surface area contributed by atoms with Crippen molar-refractivity contribution in [2.24, 2.45) is 0 Å². The molecule has 0 fully saturated rings. The minimum Gasteiger partial charge on any atom is -0.508 e. The molecule has 3 nitrogen and oxygen atoms in total. The third kappa shape index (κ3) is 3.00. The standard InChI is InChI=1S/C15H16O3/c1-2-11-3-9-14(10-4-11)18-15(17)12-5-7-13(16)8-6-12/h3-9,14,16H,2,10H2,1H3. The third-order valence-electron chi connectivity index (χ3n) is 2.91. The van der Waals surface area contributed by atoms with Crippen LogP contribution in [0.15, 0.2) is 48.1 Å². The summed E-state index contributed by atoms with van der Waals surface area (Å²) in [7, 11) is 0. The second-order valence-corrected chi connectivity index (χ2v) is 4.22. The zero-order valence-electron chi connectivity index (χ0n) is 10.3. The summed E-state index contributed by atoms with van der Waals surface area (Å²) in [6, 6.07) is 6.06. The molecule has 3 heteroatoms. The van der Waals surface area contributed by atoms with Gasteiger partial charge in [-0.3, -0.25) is 0 Å². The fourth-order valence-corrected chi connectivity index (χ4v) is 1.80. The van der Waals surface area contributed by atoms with Crippen LogP contribution in [-0.4, -0.2) is 17.2 Å². The maximum absolute atomic E-state index is 11.8. The molecule has 94 valence electrons. The topological polar surface area (TPSA) is 46.5 Å². The second-order valence-electron chi connectivity index (χ2n) is 4.22. The van der Waals surface area contributed by atoms with Crippen LogP contribution in [0.1, 0.15) is 30.1 Å². The Labute approximate surface area is 106 Å². The lowest BCUT2D eigenvalue weighted by Crippen LogP contribution is -2.17. The number of rotatable bonds is 3. The number of ether oxygens (including phenoxy) is 1. The maximum atomic E-state index is 11.8.